The summed E-state index contributed by atoms with van der Waals surface area (Å²) in [6.07, 6.45) is -4.47. The number of hydrogen-bond donors (Lipinski definition) is 1. The van der Waals surface area contributed by atoms with Gasteiger partial charge in [0.2, 0.25) is 5.13 Å². The topological polar surface area (TPSA) is 54.9 Å². The number of halogens is 4. The first kappa shape index (κ1) is 17.0. The Labute approximate surface area is 143 Å². The van der Waals surface area contributed by atoms with Crippen molar-refractivity contribution in [3.8, 4) is 11.4 Å². The number of benzene rings is 2. The van der Waals surface area contributed by atoms with E-state index in [0.717, 1.165) is 35.8 Å². The smallest absolute Gasteiger partial charge is 0.297 e. The Morgan fingerprint density at radius 3 is 2.48 bits per heavy atom. The maximum atomic E-state index is 12.9. The molecule has 0 fully saturated rings. The lowest BCUT2D eigenvalue weighted by Gasteiger charge is -2.06. The summed E-state index contributed by atoms with van der Waals surface area (Å²) in [5.41, 5.74) is -0.401. The van der Waals surface area contributed by atoms with E-state index in [-0.39, 0.29) is 22.1 Å². The molecule has 0 bridgehead atoms. The van der Waals surface area contributed by atoms with Gasteiger partial charge in [-0.2, -0.15) is 22.5 Å². The van der Waals surface area contributed by atoms with Gasteiger partial charge in [0.1, 0.15) is 5.82 Å². The van der Waals surface area contributed by atoms with Crippen LogP contribution in [-0.2, 0) is 6.18 Å². The highest BCUT2D eigenvalue weighted by molar-refractivity contribution is 7.10. The molecular formula is C16H9F4N3OS. The summed E-state index contributed by atoms with van der Waals surface area (Å²) in [5, 5.41) is 2.60. The second kappa shape index (κ2) is 6.60. The number of nitrogens with zero attached hydrogens (tertiary/aromatic N) is 2. The van der Waals surface area contributed by atoms with E-state index in [4.69, 9.17) is 0 Å². The molecule has 0 aliphatic carbocycles. The van der Waals surface area contributed by atoms with Gasteiger partial charge in [0.05, 0.1) is 5.56 Å². The second-order valence-electron chi connectivity index (χ2n) is 4.96. The van der Waals surface area contributed by atoms with Gasteiger partial charge < -0.3 is 0 Å². The molecule has 1 N–H and O–H groups in total. The standard InChI is InChI=1S/C16H9F4N3OS/c17-12-6-4-9(5-7-12)14(24)22-15-21-13(23-25-15)10-2-1-3-11(8-10)16(18,19)20/h1-8H,(H,21,22,23,24). The number of hydrogen-bond acceptors (Lipinski definition) is 4. The third kappa shape index (κ3) is 4.00. The molecule has 2 aromatic carbocycles. The molecule has 0 unspecified atom stereocenters. The minimum absolute atomic E-state index is 0.0745. The Hall–Kier alpha value is -2.81. The summed E-state index contributed by atoms with van der Waals surface area (Å²) in [4.78, 5) is 16.0. The van der Waals surface area contributed by atoms with Gasteiger partial charge in [-0.15, -0.1) is 0 Å². The maximum Gasteiger partial charge on any atom is 0.416 e. The van der Waals surface area contributed by atoms with Gasteiger partial charge in [-0.25, -0.2) is 4.39 Å². The number of amides is 1. The van der Waals surface area contributed by atoms with Crippen LogP contribution < -0.4 is 5.32 Å². The van der Waals surface area contributed by atoms with Crippen LogP contribution in [0.2, 0.25) is 0 Å². The highest BCUT2D eigenvalue weighted by Crippen LogP contribution is 2.32. The van der Waals surface area contributed by atoms with E-state index >= 15 is 0 Å². The molecule has 0 saturated heterocycles. The molecule has 0 spiro atoms. The second-order valence-corrected chi connectivity index (χ2v) is 5.71. The Morgan fingerprint density at radius 1 is 1.08 bits per heavy atom. The number of alkyl halides is 3. The van der Waals surface area contributed by atoms with Crippen molar-refractivity contribution in [2.45, 2.75) is 6.18 Å². The van der Waals surface area contributed by atoms with Crippen molar-refractivity contribution in [1.82, 2.24) is 9.36 Å². The molecule has 3 aromatic rings. The van der Waals surface area contributed by atoms with Gasteiger partial charge in [-0.1, -0.05) is 12.1 Å². The van der Waals surface area contributed by atoms with Gasteiger partial charge in [-0.3, -0.25) is 10.1 Å². The summed E-state index contributed by atoms with van der Waals surface area (Å²) in [5.74, 6) is -0.920. The van der Waals surface area contributed by atoms with E-state index in [9.17, 15) is 22.4 Å². The van der Waals surface area contributed by atoms with Crippen LogP contribution in [0.4, 0.5) is 22.7 Å². The third-order valence-corrected chi connectivity index (χ3v) is 3.83. The number of rotatable bonds is 3. The molecule has 128 valence electrons. The molecule has 0 aliphatic rings. The van der Waals surface area contributed by atoms with Crippen molar-refractivity contribution >= 4 is 22.6 Å². The van der Waals surface area contributed by atoms with Crippen molar-refractivity contribution in [2.75, 3.05) is 5.32 Å². The molecule has 1 amide bonds. The lowest BCUT2D eigenvalue weighted by atomic mass is 10.1. The number of nitrogens with one attached hydrogen (secondary N) is 1. The minimum atomic E-state index is -4.47. The van der Waals surface area contributed by atoms with Gasteiger partial charge >= 0.3 is 6.18 Å². The van der Waals surface area contributed by atoms with Crippen molar-refractivity contribution in [2.24, 2.45) is 0 Å². The largest absolute Gasteiger partial charge is 0.416 e. The van der Waals surface area contributed by atoms with Crippen LogP contribution in [0, 0.1) is 5.82 Å². The van der Waals surface area contributed by atoms with E-state index in [1.807, 2.05) is 0 Å². The summed E-state index contributed by atoms with van der Waals surface area (Å²) in [6.45, 7) is 0. The van der Waals surface area contributed by atoms with Crippen LogP contribution in [0.25, 0.3) is 11.4 Å². The van der Waals surface area contributed by atoms with Crippen molar-refractivity contribution in [1.29, 1.82) is 0 Å². The molecule has 1 aromatic heterocycles. The first-order valence-electron chi connectivity index (χ1n) is 6.91. The fourth-order valence-electron chi connectivity index (χ4n) is 2.00. The zero-order chi connectivity index (χ0) is 18.0. The Morgan fingerprint density at radius 2 is 1.80 bits per heavy atom. The molecule has 1 heterocycles. The summed E-state index contributed by atoms with van der Waals surface area (Å²) >= 11 is 0.835. The van der Waals surface area contributed by atoms with Crippen molar-refractivity contribution in [3.05, 3.63) is 65.5 Å². The lowest BCUT2D eigenvalue weighted by Crippen LogP contribution is -2.11. The van der Waals surface area contributed by atoms with E-state index in [2.05, 4.69) is 14.7 Å². The van der Waals surface area contributed by atoms with E-state index < -0.39 is 23.5 Å². The average molecular weight is 367 g/mol. The predicted molar refractivity (Wildman–Crippen MR) is 84.7 cm³/mol. The molecule has 9 heteroatoms. The van der Waals surface area contributed by atoms with Crippen LogP contribution in [0.5, 0.6) is 0 Å². The van der Waals surface area contributed by atoms with Crippen molar-refractivity contribution in [3.63, 3.8) is 0 Å². The third-order valence-electron chi connectivity index (χ3n) is 3.20. The van der Waals surface area contributed by atoms with Crippen LogP contribution in [-0.4, -0.2) is 15.3 Å². The zero-order valence-corrected chi connectivity index (χ0v) is 13.2. The summed E-state index contributed by atoms with van der Waals surface area (Å²) < 4.78 is 55.1. The minimum Gasteiger partial charge on any atom is -0.297 e. The van der Waals surface area contributed by atoms with Crippen molar-refractivity contribution < 1.29 is 22.4 Å². The molecule has 0 saturated carbocycles. The number of aromatic nitrogens is 2. The molecular weight excluding hydrogens is 358 g/mol. The van der Waals surface area contributed by atoms with Crippen LogP contribution in [0.1, 0.15) is 15.9 Å². The fourth-order valence-corrected chi connectivity index (χ4v) is 2.58. The first-order chi connectivity index (χ1) is 11.8. The van der Waals surface area contributed by atoms with Gasteiger partial charge in [0.15, 0.2) is 5.82 Å². The highest BCUT2D eigenvalue weighted by atomic mass is 32.1. The zero-order valence-electron chi connectivity index (χ0n) is 12.3. The highest BCUT2D eigenvalue weighted by Gasteiger charge is 2.30. The quantitative estimate of drug-likeness (QED) is 0.688. The molecule has 25 heavy (non-hydrogen) atoms. The first-order valence-corrected chi connectivity index (χ1v) is 7.68. The molecule has 4 nitrogen and oxygen atoms in total. The average Bonchev–Trinajstić information content (AvgIpc) is 3.03. The van der Waals surface area contributed by atoms with Gasteiger partial charge in [0, 0.05) is 22.7 Å². The fraction of sp³-hybridized carbons (Fsp3) is 0.0625. The van der Waals surface area contributed by atoms with Gasteiger partial charge in [-0.05, 0) is 36.4 Å². The van der Waals surface area contributed by atoms with E-state index in [0.29, 0.717) is 0 Å². The van der Waals surface area contributed by atoms with Crippen LogP contribution in [0.15, 0.2) is 48.5 Å². The monoisotopic (exact) mass is 367 g/mol. The molecule has 0 aliphatic heterocycles. The van der Waals surface area contributed by atoms with E-state index in [1.165, 1.54) is 24.3 Å². The Kier molecular flexibility index (Phi) is 4.49. The molecule has 0 radical (unpaired) electrons. The number of carbonyl (C=O) groups excluding carboxylic acids is 1. The van der Waals surface area contributed by atoms with Gasteiger partial charge in [0.25, 0.3) is 5.91 Å². The SMILES string of the molecule is O=C(Nc1nc(-c2cccc(C(F)(F)F)c2)ns1)c1ccc(F)cc1. The molecule has 3 rings (SSSR count). The molecule has 0 atom stereocenters. The summed E-state index contributed by atoms with van der Waals surface area (Å²) in [6, 6.07) is 9.49. The van der Waals surface area contributed by atoms with Crippen LogP contribution >= 0.6 is 11.5 Å². The predicted octanol–water partition coefficient (Wildman–Crippen LogP) is 4.62. The summed E-state index contributed by atoms with van der Waals surface area (Å²) in [7, 11) is 0. The Balaban J connectivity index is 1.79. The number of anilines is 1. The normalized spacial score (nSPS) is 11.4. The van der Waals surface area contributed by atoms with E-state index in [1.54, 1.807) is 0 Å². The number of carbonyl (C=O) groups is 1. The lowest BCUT2D eigenvalue weighted by molar-refractivity contribution is -0.137. The maximum absolute atomic E-state index is 12.9. The Bertz CT molecular complexity index is 906. The van der Waals surface area contributed by atoms with Crippen LogP contribution in [0.3, 0.4) is 0 Å².